The summed E-state index contributed by atoms with van der Waals surface area (Å²) in [6.07, 6.45) is 0.738. The third-order valence-corrected chi connectivity index (χ3v) is 4.88. The van der Waals surface area contributed by atoms with E-state index in [1.165, 1.54) is 0 Å². The van der Waals surface area contributed by atoms with Gasteiger partial charge in [-0.05, 0) is 69.7 Å². The normalized spacial score (nSPS) is 11.5. The molecule has 0 aliphatic carbocycles. The Bertz CT molecular complexity index is 934. The minimum Gasteiger partial charge on any atom is -0.490 e. The van der Waals surface area contributed by atoms with Gasteiger partial charge in [0.25, 0.3) is 11.8 Å². The number of anilines is 1. The first-order valence-electron chi connectivity index (χ1n) is 9.69. The maximum atomic E-state index is 12.8. The highest BCUT2D eigenvalue weighted by molar-refractivity contribution is 9.10. The molecule has 3 N–H and O–H groups in total. The number of thiocarbonyl (C=S) groups is 1. The molecule has 8 heteroatoms. The van der Waals surface area contributed by atoms with Crippen LogP contribution in [0.1, 0.15) is 54.8 Å². The van der Waals surface area contributed by atoms with E-state index in [-0.39, 0.29) is 23.2 Å². The number of ether oxygens (including phenoxy) is 1. The Morgan fingerprint density at radius 1 is 1.07 bits per heavy atom. The van der Waals surface area contributed by atoms with Crippen molar-refractivity contribution in [3.8, 4) is 5.75 Å². The average Bonchev–Trinajstić information content (AvgIpc) is 2.69. The van der Waals surface area contributed by atoms with Gasteiger partial charge in [0.05, 0.1) is 22.9 Å². The van der Waals surface area contributed by atoms with Crippen LogP contribution in [-0.2, 0) is 0 Å². The van der Waals surface area contributed by atoms with Gasteiger partial charge in [-0.2, -0.15) is 0 Å². The van der Waals surface area contributed by atoms with Gasteiger partial charge in [-0.15, -0.1) is 0 Å². The first-order valence-corrected chi connectivity index (χ1v) is 10.9. The van der Waals surface area contributed by atoms with Crippen LogP contribution in [0.2, 0.25) is 0 Å². The van der Waals surface area contributed by atoms with E-state index in [4.69, 9.17) is 17.0 Å². The van der Waals surface area contributed by atoms with Gasteiger partial charge in [-0.1, -0.05) is 35.0 Å². The summed E-state index contributed by atoms with van der Waals surface area (Å²) < 4.78 is 6.47. The van der Waals surface area contributed by atoms with Crippen molar-refractivity contribution in [2.75, 3.05) is 5.32 Å². The van der Waals surface area contributed by atoms with Crippen molar-refractivity contribution in [3.63, 3.8) is 0 Å². The third kappa shape index (κ3) is 6.81. The minimum atomic E-state index is -0.411. The Labute approximate surface area is 190 Å². The molecule has 160 valence electrons. The van der Waals surface area contributed by atoms with Crippen LogP contribution in [0.25, 0.3) is 0 Å². The molecule has 0 aromatic heterocycles. The van der Waals surface area contributed by atoms with Gasteiger partial charge in [0.1, 0.15) is 5.75 Å². The number of halogens is 1. The fraction of sp³-hybridized carbons (Fsp3) is 0.318. The van der Waals surface area contributed by atoms with Gasteiger partial charge >= 0.3 is 0 Å². The van der Waals surface area contributed by atoms with E-state index in [0.717, 1.165) is 10.9 Å². The topological polar surface area (TPSA) is 79.5 Å². The fourth-order valence-corrected chi connectivity index (χ4v) is 3.12. The average molecular weight is 492 g/mol. The number of para-hydroxylation sites is 1. The molecule has 2 amide bonds. The lowest BCUT2D eigenvalue weighted by atomic mass is 10.1. The van der Waals surface area contributed by atoms with Gasteiger partial charge in [-0.25, -0.2) is 0 Å². The van der Waals surface area contributed by atoms with Gasteiger partial charge in [0, 0.05) is 10.5 Å². The van der Waals surface area contributed by atoms with E-state index < -0.39 is 5.91 Å². The Morgan fingerprint density at radius 2 is 1.77 bits per heavy atom. The van der Waals surface area contributed by atoms with Gasteiger partial charge in [-0.3, -0.25) is 14.9 Å². The fourth-order valence-electron chi connectivity index (χ4n) is 2.55. The van der Waals surface area contributed by atoms with Gasteiger partial charge < -0.3 is 15.4 Å². The molecule has 0 heterocycles. The number of amides is 2. The Kier molecular flexibility index (Phi) is 8.80. The summed E-state index contributed by atoms with van der Waals surface area (Å²) in [5.41, 5.74) is 1.31. The zero-order chi connectivity index (χ0) is 22.3. The Morgan fingerprint density at radius 3 is 2.43 bits per heavy atom. The highest BCUT2D eigenvalue weighted by Crippen LogP contribution is 2.24. The summed E-state index contributed by atoms with van der Waals surface area (Å²) in [6.45, 7) is 7.71. The molecule has 0 radical (unpaired) electrons. The van der Waals surface area contributed by atoms with Crippen LogP contribution in [0.4, 0.5) is 5.69 Å². The van der Waals surface area contributed by atoms with Crippen molar-refractivity contribution in [1.82, 2.24) is 10.6 Å². The van der Waals surface area contributed by atoms with E-state index in [0.29, 0.717) is 22.6 Å². The standard InChI is InChI=1S/C22H26BrN3O3S/c1-5-14(4)24-20(27)16-8-6-7-9-18(16)25-22(30)26-21(28)17-12-15(23)10-11-19(17)29-13(2)3/h6-14H,5H2,1-4H3,(H,24,27)(H2,25,26,28,30). The maximum Gasteiger partial charge on any atom is 0.261 e. The minimum absolute atomic E-state index is 0.0492. The zero-order valence-electron chi connectivity index (χ0n) is 17.4. The molecule has 0 spiro atoms. The number of benzene rings is 2. The van der Waals surface area contributed by atoms with E-state index >= 15 is 0 Å². The number of carbonyl (C=O) groups excluding carboxylic acids is 2. The van der Waals surface area contributed by atoms with Crippen molar-refractivity contribution in [2.24, 2.45) is 0 Å². The lowest BCUT2D eigenvalue weighted by Gasteiger charge is -2.17. The Balaban J connectivity index is 2.15. The molecule has 0 bridgehead atoms. The predicted molar refractivity (Wildman–Crippen MR) is 127 cm³/mol. The molecule has 0 saturated carbocycles. The van der Waals surface area contributed by atoms with Crippen molar-refractivity contribution < 1.29 is 14.3 Å². The lowest BCUT2D eigenvalue weighted by Crippen LogP contribution is -2.36. The molecule has 0 saturated heterocycles. The van der Waals surface area contributed by atoms with Gasteiger partial charge in [0.2, 0.25) is 0 Å². The molecular weight excluding hydrogens is 466 g/mol. The highest BCUT2D eigenvalue weighted by Gasteiger charge is 2.18. The molecule has 6 nitrogen and oxygen atoms in total. The summed E-state index contributed by atoms with van der Waals surface area (Å²) >= 11 is 8.68. The van der Waals surface area contributed by atoms with Crippen LogP contribution in [0.15, 0.2) is 46.9 Å². The second kappa shape index (κ2) is 11.1. The summed E-state index contributed by atoms with van der Waals surface area (Å²) in [6, 6.07) is 12.2. The highest BCUT2D eigenvalue weighted by atomic mass is 79.9. The van der Waals surface area contributed by atoms with E-state index in [1.54, 1.807) is 42.5 Å². The smallest absolute Gasteiger partial charge is 0.261 e. The predicted octanol–water partition coefficient (Wildman–Crippen LogP) is 4.89. The second-order valence-electron chi connectivity index (χ2n) is 7.04. The summed E-state index contributed by atoms with van der Waals surface area (Å²) in [5.74, 6) is -0.158. The molecule has 0 aliphatic rings. The molecule has 2 aromatic carbocycles. The Hall–Kier alpha value is -2.45. The van der Waals surface area contributed by atoms with Crippen molar-refractivity contribution in [2.45, 2.75) is 46.3 Å². The summed E-state index contributed by atoms with van der Waals surface area (Å²) in [7, 11) is 0. The molecule has 2 aromatic rings. The quantitative estimate of drug-likeness (QED) is 0.480. The van der Waals surface area contributed by atoms with E-state index in [2.05, 4.69) is 31.9 Å². The number of carbonyl (C=O) groups is 2. The molecule has 30 heavy (non-hydrogen) atoms. The van der Waals surface area contributed by atoms with Crippen molar-refractivity contribution in [3.05, 3.63) is 58.1 Å². The molecule has 1 atom stereocenters. The van der Waals surface area contributed by atoms with Crippen LogP contribution in [0.3, 0.4) is 0 Å². The lowest BCUT2D eigenvalue weighted by molar-refractivity contribution is 0.0938. The third-order valence-electron chi connectivity index (χ3n) is 4.19. The number of hydrogen-bond donors (Lipinski definition) is 3. The number of rotatable bonds is 7. The van der Waals surface area contributed by atoms with E-state index in [9.17, 15) is 9.59 Å². The van der Waals surface area contributed by atoms with Crippen LogP contribution in [-0.4, -0.2) is 29.1 Å². The first-order chi connectivity index (χ1) is 14.2. The number of nitrogens with one attached hydrogen (secondary N) is 3. The molecular formula is C22H26BrN3O3S. The van der Waals surface area contributed by atoms with Crippen LogP contribution >= 0.6 is 28.1 Å². The number of hydrogen-bond acceptors (Lipinski definition) is 4. The summed E-state index contributed by atoms with van der Waals surface area (Å²) in [5, 5.41) is 8.61. The molecule has 0 aliphatic heterocycles. The van der Waals surface area contributed by atoms with Crippen molar-refractivity contribution >= 4 is 50.8 Å². The van der Waals surface area contributed by atoms with Gasteiger partial charge in [0.15, 0.2) is 5.11 Å². The monoisotopic (exact) mass is 491 g/mol. The summed E-state index contributed by atoms with van der Waals surface area (Å²) in [4.78, 5) is 25.3. The molecule has 1 unspecified atom stereocenters. The van der Waals surface area contributed by atoms with Crippen LogP contribution in [0, 0.1) is 0 Å². The maximum absolute atomic E-state index is 12.8. The first kappa shape index (κ1) is 23.8. The largest absolute Gasteiger partial charge is 0.490 e. The van der Waals surface area contributed by atoms with Crippen LogP contribution < -0.4 is 20.7 Å². The second-order valence-corrected chi connectivity index (χ2v) is 8.37. The molecule has 0 fully saturated rings. The SMILES string of the molecule is CCC(C)NC(=O)c1ccccc1NC(=S)NC(=O)c1cc(Br)ccc1OC(C)C. The van der Waals surface area contributed by atoms with Crippen molar-refractivity contribution in [1.29, 1.82) is 0 Å². The van der Waals surface area contributed by atoms with E-state index in [1.807, 2.05) is 27.7 Å². The molecule has 2 rings (SSSR count). The zero-order valence-corrected chi connectivity index (χ0v) is 19.8. The van der Waals surface area contributed by atoms with Crippen LogP contribution in [0.5, 0.6) is 5.75 Å².